The van der Waals surface area contributed by atoms with Crippen molar-refractivity contribution in [2.75, 3.05) is 7.11 Å². The van der Waals surface area contributed by atoms with Gasteiger partial charge in [0, 0.05) is 12.6 Å². The molecule has 0 unspecified atom stereocenters. The summed E-state index contributed by atoms with van der Waals surface area (Å²) in [7, 11) is 1.14. The van der Waals surface area contributed by atoms with Gasteiger partial charge in [-0.3, -0.25) is 0 Å². The predicted octanol–water partition coefficient (Wildman–Crippen LogP) is 1.51. The number of halogens is 1. The Morgan fingerprint density at radius 2 is 2.04 bits per heavy atom. The number of methoxy groups -OCH3 is 1. The highest BCUT2D eigenvalue weighted by molar-refractivity contribution is 5.93. The molecule has 0 spiro atoms. The second-order valence-corrected chi connectivity index (χ2v) is 5.36. The van der Waals surface area contributed by atoms with Gasteiger partial charge in [0.2, 0.25) is 11.7 Å². The number of hydrogen-bond donors (Lipinski definition) is 3. The number of nitrogens with two attached hydrogens (primary N) is 1. The smallest absolute Gasteiger partial charge is 0.355 e. The molecule has 27 heavy (non-hydrogen) atoms. The molecule has 0 aliphatic rings. The topological polar surface area (TPSA) is 140 Å². The van der Waals surface area contributed by atoms with Gasteiger partial charge < -0.3 is 20.7 Å². The lowest BCUT2D eigenvalue weighted by Crippen LogP contribution is -2.12. The number of ether oxygens (including phenoxy) is 1. The number of nitrogens with zero attached hydrogens (tertiary/aromatic N) is 3. The number of aryl methyl sites for hydroxylation is 1. The summed E-state index contributed by atoms with van der Waals surface area (Å²) in [5.74, 6) is -2.70. The van der Waals surface area contributed by atoms with Crippen LogP contribution in [0.15, 0.2) is 30.5 Å². The van der Waals surface area contributed by atoms with Crippen molar-refractivity contribution >= 4 is 17.7 Å². The van der Waals surface area contributed by atoms with E-state index in [0.717, 1.165) is 29.3 Å². The Labute approximate surface area is 152 Å². The summed E-state index contributed by atoms with van der Waals surface area (Å²) >= 11 is 0. The van der Waals surface area contributed by atoms with Gasteiger partial charge in [-0.2, -0.15) is 0 Å². The summed E-state index contributed by atoms with van der Waals surface area (Å²) in [4.78, 5) is 29.6. The Kier molecular flexibility index (Phi) is 6.03. The molecule has 9 nitrogen and oxygen atoms in total. The second kappa shape index (κ2) is 8.23. The third-order valence-corrected chi connectivity index (χ3v) is 3.53. The van der Waals surface area contributed by atoms with Gasteiger partial charge in [0.1, 0.15) is 11.5 Å². The largest absolute Gasteiger partial charge is 0.493 e. The molecule has 0 bridgehead atoms. The van der Waals surface area contributed by atoms with Crippen molar-refractivity contribution in [1.29, 1.82) is 0 Å². The van der Waals surface area contributed by atoms with Crippen LogP contribution in [0, 0.1) is 12.7 Å². The quantitative estimate of drug-likeness (QED) is 0.584. The van der Waals surface area contributed by atoms with Crippen LogP contribution in [-0.2, 0) is 11.3 Å². The molecule has 3 aromatic rings. The number of carbonyl (C=O) groups excluding carboxylic acids is 1. The molecule has 1 aromatic carbocycles. The minimum absolute atomic E-state index is 0.0946. The van der Waals surface area contributed by atoms with E-state index in [1.807, 2.05) is 0 Å². The molecule has 0 aliphatic carbocycles. The SMILES string of the molecule is COC(=O)c1cc(C(=O)O)nc2ncc(O)n12.Cc1cc(CN)ccc1F. The van der Waals surface area contributed by atoms with Gasteiger partial charge in [-0.1, -0.05) is 12.1 Å². The van der Waals surface area contributed by atoms with E-state index in [9.17, 15) is 19.1 Å². The van der Waals surface area contributed by atoms with Crippen LogP contribution >= 0.6 is 0 Å². The molecule has 0 amide bonds. The predicted molar refractivity (Wildman–Crippen MR) is 92.0 cm³/mol. The van der Waals surface area contributed by atoms with E-state index in [2.05, 4.69) is 14.7 Å². The molecule has 0 saturated carbocycles. The Balaban J connectivity index is 0.000000223. The Hall–Kier alpha value is -3.53. The molecule has 4 N–H and O–H groups in total. The number of fused-ring (bicyclic) bond motifs is 1. The van der Waals surface area contributed by atoms with Crippen molar-refractivity contribution < 1.29 is 28.9 Å². The first-order valence-corrected chi connectivity index (χ1v) is 7.62. The number of hydrogen-bond acceptors (Lipinski definition) is 7. The first-order chi connectivity index (χ1) is 12.8. The zero-order valence-corrected chi connectivity index (χ0v) is 14.5. The van der Waals surface area contributed by atoms with E-state index in [-0.39, 0.29) is 28.9 Å². The van der Waals surface area contributed by atoms with Crippen molar-refractivity contribution in [2.45, 2.75) is 13.5 Å². The van der Waals surface area contributed by atoms with Gasteiger partial charge in [0.15, 0.2) is 5.69 Å². The van der Waals surface area contributed by atoms with Crippen LogP contribution in [0.1, 0.15) is 32.1 Å². The summed E-state index contributed by atoms with van der Waals surface area (Å²) in [6.07, 6.45) is 1.06. The summed E-state index contributed by atoms with van der Waals surface area (Å²) < 4.78 is 18.1. The fourth-order valence-electron chi connectivity index (χ4n) is 2.18. The van der Waals surface area contributed by atoms with E-state index in [0.29, 0.717) is 12.1 Å². The van der Waals surface area contributed by atoms with Gasteiger partial charge in [-0.15, -0.1) is 0 Å². The van der Waals surface area contributed by atoms with Crippen LogP contribution in [0.5, 0.6) is 5.88 Å². The highest BCUT2D eigenvalue weighted by Gasteiger charge is 2.19. The van der Waals surface area contributed by atoms with E-state index >= 15 is 0 Å². The minimum Gasteiger partial charge on any atom is -0.493 e. The number of carboxylic acids is 1. The normalized spacial score (nSPS) is 10.2. The maximum atomic E-state index is 12.6. The molecule has 142 valence electrons. The molecule has 2 heterocycles. The summed E-state index contributed by atoms with van der Waals surface area (Å²) in [6, 6.07) is 5.90. The van der Waals surface area contributed by atoms with Crippen LogP contribution in [0.25, 0.3) is 5.78 Å². The van der Waals surface area contributed by atoms with Gasteiger partial charge in [-0.25, -0.2) is 28.3 Å². The maximum absolute atomic E-state index is 12.6. The Bertz CT molecular complexity index is 1000. The Morgan fingerprint density at radius 1 is 1.33 bits per heavy atom. The number of aromatic carboxylic acids is 1. The number of benzene rings is 1. The average molecular weight is 376 g/mol. The lowest BCUT2D eigenvalue weighted by atomic mass is 10.1. The van der Waals surface area contributed by atoms with Crippen LogP contribution < -0.4 is 5.73 Å². The molecular formula is C17H17FN4O5. The number of imidazole rings is 1. The molecule has 0 fully saturated rings. The number of aromatic nitrogens is 3. The molecular weight excluding hydrogens is 359 g/mol. The first kappa shape index (κ1) is 19.8. The number of esters is 1. The fraction of sp³-hybridized carbons (Fsp3) is 0.176. The van der Waals surface area contributed by atoms with Crippen LogP contribution in [0.4, 0.5) is 4.39 Å². The molecule has 2 aromatic heterocycles. The lowest BCUT2D eigenvalue weighted by molar-refractivity contribution is 0.0591. The fourth-order valence-corrected chi connectivity index (χ4v) is 2.18. The van der Waals surface area contributed by atoms with E-state index in [4.69, 9.17) is 10.8 Å². The lowest BCUT2D eigenvalue weighted by Gasteiger charge is -2.04. The zero-order chi connectivity index (χ0) is 20.1. The number of rotatable bonds is 3. The molecule has 0 atom stereocenters. The zero-order valence-electron chi connectivity index (χ0n) is 14.5. The maximum Gasteiger partial charge on any atom is 0.355 e. The van der Waals surface area contributed by atoms with Crippen LogP contribution in [0.3, 0.4) is 0 Å². The second-order valence-electron chi connectivity index (χ2n) is 5.36. The van der Waals surface area contributed by atoms with Crippen molar-refractivity contribution in [3.05, 3.63) is 58.8 Å². The highest BCUT2D eigenvalue weighted by Crippen LogP contribution is 2.16. The van der Waals surface area contributed by atoms with Crippen LogP contribution in [0.2, 0.25) is 0 Å². The van der Waals surface area contributed by atoms with Gasteiger partial charge >= 0.3 is 11.9 Å². The molecule has 3 rings (SSSR count). The minimum atomic E-state index is -1.31. The standard InChI is InChI=1S/C9H7N3O5.C8H10FN/c1-17-8(16)5-2-4(7(14)15)11-9-10-3-6(13)12(5)9;1-6-4-7(5-10)2-3-8(6)9/h2-3,13H,1H3,(H,14,15);2-4H,5,10H2,1H3. The average Bonchev–Trinajstić information content (AvgIpc) is 3.04. The molecule has 10 heteroatoms. The van der Waals surface area contributed by atoms with Crippen LogP contribution in [-0.4, -0.2) is 43.6 Å². The summed E-state index contributed by atoms with van der Waals surface area (Å²) in [5, 5.41) is 18.3. The van der Waals surface area contributed by atoms with Gasteiger partial charge in [-0.05, 0) is 24.1 Å². The highest BCUT2D eigenvalue weighted by atomic mass is 19.1. The van der Waals surface area contributed by atoms with E-state index < -0.39 is 11.9 Å². The molecule has 0 radical (unpaired) electrons. The van der Waals surface area contributed by atoms with Crippen molar-refractivity contribution in [1.82, 2.24) is 14.4 Å². The third-order valence-electron chi connectivity index (χ3n) is 3.53. The van der Waals surface area contributed by atoms with Gasteiger partial charge in [0.25, 0.3) is 0 Å². The number of carbonyl (C=O) groups is 2. The van der Waals surface area contributed by atoms with E-state index in [1.165, 1.54) is 6.07 Å². The van der Waals surface area contributed by atoms with E-state index in [1.54, 1.807) is 19.1 Å². The monoisotopic (exact) mass is 376 g/mol. The number of carboxylic acid groups (broad SMARTS) is 1. The summed E-state index contributed by atoms with van der Waals surface area (Å²) in [5.41, 5.74) is 6.45. The van der Waals surface area contributed by atoms with Crippen molar-refractivity contribution in [3.8, 4) is 5.88 Å². The number of aromatic hydroxyl groups is 1. The van der Waals surface area contributed by atoms with Gasteiger partial charge in [0.05, 0.1) is 13.3 Å². The molecule has 0 saturated heterocycles. The summed E-state index contributed by atoms with van der Waals surface area (Å²) in [6.45, 7) is 2.20. The van der Waals surface area contributed by atoms with Crippen molar-refractivity contribution in [3.63, 3.8) is 0 Å². The third kappa shape index (κ3) is 4.36. The first-order valence-electron chi connectivity index (χ1n) is 7.62. The molecule has 0 aliphatic heterocycles. The van der Waals surface area contributed by atoms with Crippen molar-refractivity contribution in [2.24, 2.45) is 5.73 Å². The Morgan fingerprint density at radius 3 is 2.59 bits per heavy atom.